The molecule has 0 saturated carbocycles. The fourth-order valence-corrected chi connectivity index (χ4v) is 4.76. The molecule has 0 atom stereocenters. The fourth-order valence-electron chi connectivity index (χ4n) is 1.28. The van der Waals surface area contributed by atoms with Gasteiger partial charge in [0.05, 0.1) is 8.95 Å². The second kappa shape index (κ2) is 5.22. The molecule has 0 radical (unpaired) electrons. The van der Waals surface area contributed by atoms with E-state index in [4.69, 9.17) is 5.73 Å². The second-order valence-electron chi connectivity index (χ2n) is 3.60. The number of hydrogen-bond acceptors (Lipinski definition) is 4. The van der Waals surface area contributed by atoms with Gasteiger partial charge in [0.15, 0.2) is 0 Å². The van der Waals surface area contributed by atoms with E-state index in [1.165, 1.54) is 0 Å². The Kier molecular flexibility index (Phi) is 4.75. The minimum Gasteiger partial charge on any atom is -0.506 e. The van der Waals surface area contributed by atoms with E-state index < -0.39 is 25.8 Å². The van der Waals surface area contributed by atoms with Crippen LogP contribution in [0.2, 0.25) is 0 Å². The van der Waals surface area contributed by atoms with E-state index in [1.54, 1.807) is 0 Å². The summed E-state index contributed by atoms with van der Waals surface area (Å²) in [6.45, 7) is 0. The van der Waals surface area contributed by atoms with E-state index in [9.17, 15) is 33.8 Å². The van der Waals surface area contributed by atoms with Crippen LogP contribution >= 0.6 is 47.1 Å². The Hall–Kier alpha value is 0.240. The first kappa shape index (κ1) is 17.3. The number of phenols is 1. The molecule has 0 fully saturated rings. The summed E-state index contributed by atoms with van der Waals surface area (Å²) in [6, 6.07) is 1.86. The molecular weight excluding hydrogens is 432 g/mol. The van der Waals surface area contributed by atoms with Crippen molar-refractivity contribution in [1.29, 1.82) is 0 Å². The molecule has 8 nitrogen and oxygen atoms in total. The highest BCUT2D eigenvalue weighted by Crippen LogP contribution is 2.71. The summed E-state index contributed by atoms with van der Waals surface area (Å²) in [6.07, 6.45) is 0. The molecule has 1 aromatic carbocycles. The third-order valence-electron chi connectivity index (χ3n) is 2.33. The second-order valence-corrected chi connectivity index (χ2v) is 9.25. The Morgan fingerprint density at radius 1 is 1.00 bits per heavy atom. The Bertz CT molecular complexity index is 564. The van der Waals surface area contributed by atoms with Crippen molar-refractivity contribution in [2.75, 3.05) is 0 Å². The summed E-state index contributed by atoms with van der Waals surface area (Å²) in [4.78, 5) is 36.7. The summed E-state index contributed by atoms with van der Waals surface area (Å²) in [7, 11) is -10.8. The Morgan fingerprint density at radius 3 is 1.58 bits per heavy atom. The van der Waals surface area contributed by atoms with Gasteiger partial charge in [0.1, 0.15) is 5.75 Å². The number of aromatic hydroxyl groups is 1. The van der Waals surface area contributed by atoms with Crippen LogP contribution in [0.5, 0.6) is 5.75 Å². The van der Waals surface area contributed by atoms with Gasteiger partial charge in [-0.25, -0.2) is 0 Å². The van der Waals surface area contributed by atoms with Gasteiger partial charge in [0, 0.05) is 0 Å². The molecule has 0 saturated heterocycles. The Balaban J connectivity index is 3.72. The third kappa shape index (κ3) is 2.97. The van der Waals surface area contributed by atoms with Crippen molar-refractivity contribution in [3.05, 3.63) is 26.6 Å². The molecular formula is C7H9Br2NO7P2. The molecule has 108 valence electrons. The number of benzene rings is 1. The molecule has 0 aliphatic carbocycles. The van der Waals surface area contributed by atoms with Gasteiger partial charge in [-0.2, -0.15) is 0 Å². The molecule has 0 spiro atoms. The highest BCUT2D eigenvalue weighted by Gasteiger charge is 2.59. The summed E-state index contributed by atoms with van der Waals surface area (Å²) in [5, 5.41) is 6.28. The average molecular weight is 441 g/mol. The van der Waals surface area contributed by atoms with Crippen molar-refractivity contribution in [2.45, 2.75) is 5.02 Å². The fraction of sp³-hybridized carbons (Fsp3) is 0.143. The Labute approximate surface area is 124 Å². The number of hydrogen-bond donors (Lipinski definition) is 6. The van der Waals surface area contributed by atoms with Crippen LogP contribution in [0.15, 0.2) is 21.1 Å². The normalized spacial score (nSPS) is 13.6. The molecule has 1 rings (SSSR count). The van der Waals surface area contributed by atoms with Crippen LogP contribution < -0.4 is 5.73 Å². The SMILES string of the molecule is NC(c1cc(Br)c(O)c(Br)c1)(P(=O)(O)O)P(=O)(O)O. The van der Waals surface area contributed by atoms with Gasteiger partial charge in [0.2, 0.25) is 5.02 Å². The van der Waals surface area contributed by atoms with Gasteiger partial charge in [-0.1, -0.05) is 0 Å². The van der Waals surface area contributed by atoms with Crippen molar-refractivity contribution < 1.29 is 33.8 Å². The van der Waals surface area contributed by atoms with E-state index in [0.29, 0.717) is 0 Å². The van der Waals surface area contributed by atoms with Gasteiger partial charge in [-0.05, 0) is 49.6 Å². The summed E-state index contributed by atoms with van der Waals surface area (Å²) in [5.41, 5.74) is 4.79. The lowest BCUT2D eigenvalue weighted by Gasteiger charge is -2.31. The minimum atomic E-state index is -5.39. The molecule has 0 aliphatic heterocycles. The molecule has 0 bridgehead atoms. The number of rotatable bonds is 3. The van der Waals surface area contributed by atoms with Crippen LogP contribution in [0, 0.1) is 0 Å². The molecule has 0 aromatic heterocycles. The van der Waals surface area contributed by atoms with Crippen LogP contribution in [0.25, 0.3) is 0 Å². The minimum absolute atomic E-state index is 0.0337. The van der Waals surface area contributed by atoms with Crippen molar-refractivity contribution in [2.24, 2.45) is 5.73 Å². The van der Waals surface area contributed by atoms with Crippen LogP contribution in [-0.4, -0.2) is 24.7 Å². The van der Waals surface area contributed by atoms with Gasteiger partial charge >= 0.3 is 15.2 Å². The standard InChI is InChI=1S/C7H9Br2NO7P2/c8-4-1-3(2-5(9)6(4)11)7(10,18(12,13)14)19(15,16)17/h1-2,11H,10H2,(H2,12,13,14)(H2,15,16,17). The van der Waals surface area contributed by atoms with Gasteiger partial charge < -0.3 is 30.4 Å². The first-order valence-electron chi connectivity index (χ1n) is 4.41. The lowest BCUT2D eigenvalue weighted by atomic mass is 10.2. The summed E-state index contributed by atoms with van der Waals surface area (Å²) >= 11 is 5.76. The van der Waals surface area contributed by atoms with E-state index in [-0.39, 0.29) is 14.7 Å². The van der Waals surface area contributed by atoms with Crippen molar-refractivity contribution in [1.82, 2.24) is 0 Å². The number of phenolic OH excluding ortho intramolecular Hbond substituents is 1. The maximum absolute atomic E-state index is 11.4. The topological polar surface area (TPSA) is 161 Å². The molecule has 0 amide bonds. The van der Waals surface area contributed by atoms with Gasteiger partial charge in [-0.3, -0.25) is 9.13 Å². The van der Waals surface area contributed by atoms with Crippen LogP contribution in [0.1, 0.15) is 5.56 Å². The van der Waals surface area contributed by atoms with E-state index in [0.717, 1.165) is 12.1 Å². The smallest absolute Gasteiger partial charge is 0.362 e. The lowest BCUT2D eigenvalue weighted by Crippen LogP contribution is -2.36. The third-order valence-corrected chi connectivity index (χ3v) is 7.39. The summed E-state index contributed by atoms with van der Waals surface area (Å²) in [5.74, 6) is -0.303. The summed E-state index contributed by atoms with van der Waals surface area (Å²) < 4.78 is 22.7. The molecule has 0 aliphatic rings. The molecule has 12 heteroatoms. The Morgan fingerprint density at radius 2 is 1.32 bits per heavy atom. The zero-order valence-corrected chi connectivity index (χ0v) is 13.9. The first-order chi connectivity index (χ1) is 8.32. The largest absolute Gasteiger partial charge is 0.506 e. The number of nitrogens with two attached hydrogens (primary N) is 1. The van der Waals surface area contributed by atoms with Crippen molar-refractivity contribution >= 4 is 47.1 Å². The van der Waals surface area contributed by atoms with E-state index in [2.05, 4.69) is 31.9 Å². The van der Waals surface area contributed by atoms with Gasteiger partial charge in [0.25, 0.3) is 0 Å². The number of halogens is 2. The molecule has 19 heavy (non-hydrogen) atoms. The monoisotopic (exact) mass is 439 g/mol. The highest BCUT2D eigenvalue weighted by atomic mass is 79.9. The maximum Gasteiger partial charge on any atom is 0.362 e. The van der Waals surface area contributed by atoms with Gasteiger partial charge in [-0.15, -0.1) is 0 Å². The van der Waals surface area contributed by atoms with Crippen LogP contribution in [-0.2, 0) is 14.2 Å². The predicted molar refractivity (Wildman–Crippen MR) is 73.5 cm³/mol. The molecule has 0 heterocycles. The average Bonchev–Trinajstić information content (AvgIpc) is 2.20. The maximum atomic E-state index is 11.4. The molecule has 1 aromatic rings. The first-order valence-corrected chi connectivity index (χ1v) is 9.22. The zero-order chi connectivity index (χ0) is 15.2. The predicted octanol–water partition coefficient (Wildman–Crippen LogP) is 1.34. The highest BCUT2D eigenvalue weighted by molar-refractivity contribution is 9.11. The lowest BCUT2D eigenvalue weighted by molar-refractivity contribution is 0.310. The molecule has 7 N–H and O–H groups in total. The zero-order valence-electron chi connectivity index (χ0n) is 8.93. The molecule has 0 unspecified atom stereocenters. The van der Waals surface area contributed by atoms with E-state index in [1.807, 2.05) is 0 Å². The van der Waals surface area contributed by atoms with Crippen molar-refractivity contribution in [3.8, 4) is 5.75 Å². The van der Waals surface area contributed by atoms with Crippen molar-refractivity contribution in [3.63, 3.8) is 0 Å². The quantitative estimate of drug-likeness (QED) is 0.384. The van der Waals surface area contributed by atoms with Crippen LogP contribution in [0.3, 0.4) is 0 Å². The van der Waals surface area contributed by atoms with E-state index >= 15 is 0 Å². The van der Waals surface area contributed by atoms with Crippen LogP contribution in [0.4, 0.5) is 0 Å².